The molecule has 0 aliphatic carbocycles. The maximum Gasteiger partial charge on any atom is 0.165 e. The smallest absolute Gasteiger partial charge is 0.165 e. The summed E-state index contributed by atoms with van der Waals surface area (Å²) in [6, 6.07) is 0. The van der Waals surface area contributed by atoms with Crippen molar-refractivity contribution in [2.24, 2.45) is 0 Å². The molecule has 0 fully saturated rings. The molecule has 0 N–H and O–H groups in total. The van der Waals surface area contributed by atoms with E-state index in [4.69, 9.17) is 17.3 Å². The van der Waals surface area contributed by atoms with E-state index in [1.807, 2.05) is 6.92 Å². The summed E-state index contributed by atoms with van der Waals surface area (Å²) >= 11 is 0. The first-order valence-electron chi connectivity index (χ1n) is 4.33. The molecule has 2 aromatic rings. The number of fused-ring (bicyclic) bond motifs is 1. The van der Waals surface area contributed by atoms with Crippen molar-refractivity contribution in [3.63, 3.8) is 0 Å². The standard InChI is InChI=1S/C9H9BN2O3/c1-4-6-7(12-15-11-6)5(10)9(14-3)8(4)13-2/h1-3H3. The van der Waals surface area contributed by atoms with Crippen LogP contribution >= 0.6 is 0 Å². The van der Waals surface area contributed by atoms with Crippen LogP contribution in [0.1, 0.15) is 5.56 Å². The normalized spacial score (nSPS) is 10.6. The second kappa shape index (κ2) is 3.45. The monoisotopic (exact) mass is 204 g/mol. The zero-order valence-electron chi connectivity index (χ0n) is 8.70. The molecular weight excluding hydrogens is 195 g/mol. The predicted molar refractivity (Wildman–Crippen MR) is 55.0 cm³/mol. The number of methoxy groups -OCH3 is 2. The van der Waals surface area contributed by atoms with Crippen LogP contribution in [0, 0.1) is 6.92 Å². The van der Waals surface area contributed by atoms with Crippen molar-refractivity contribution in [2.45, 2.75) is 6.92 Å². The summed E-state index contributed by atoms with van der Waals surface area (Å²) in [4.78, 5) is 0. The molecule has 6 heteroatoms. The van der Waals surface area contributed by atoms with Crippen LogP contribution in [0.2, 0.25) is 0 Å². The molecule has 0 aliphatic heterocycles. The van der Waals surface area contributed by atoms with Crippen LogP contribution in [0.25, 0.3) is 11.0 Å². The van der Waals surface area contributed by atoms with Gasteiger partial charge in [-0.2, -0.15) is 0 Å². The topological polar surface area (TPSA) is 57.4 Å². The Morgan fingerprint density at radius 2 is 1.67 bits per heavy atom. The number of ether oxygens (including phenoxy) is 2. The van der Waals surface area contributed by atoms with E-state index in [0.717, 1.165) is 5.56 Å². The van der Waals surface area contributed by atoms with Crippen LogP contribution < -0.4 is 14.9 Å². The van der Waals surface area contributed by atoms with Gasteiger partial charge >= 0.3 is 0 Å². The van der Waals surface area contributed by atoms with Crippen LogP contribution in [0.5, 0.6) is 11.5 Å². The number of aryl methyl sites for hydroxylation is 1. The molecule has 0 saturated heterocycles. The average molecular weight is 204 g/mol. The zero-order valence-corrected chi connectivity index (χ0v) is 8.70. The molecule has 0 unspecified atom stereocenters. The van der Waals surface area contributed by atoms with Gasteiger partial charge in [0.05, 0.1) is 14.2 Å². The fourth-order valence-electron chi connectivity index (χ4n) is 1.57. The van der Waals surface area contributed by atoms with Crippen molar-refractivity contribution < 1.29 is 14.1 Å². The molecule has 0 amide bonds. The van der Waals surface area contributed by atoms with E-state index in [0.29, 0.717) is 28.0 Å². The van der Waals surface area contributed by atoms with Crippen molar-refractivity contribution >= 4 is 24.3 Å². The summed E-state index contributed by atoms with van der Waals surface area (Å²) in [5.41, 5.74) is 2.24. The second-order valence-electron chi connectivity index (χ2n) is 3.07. The zero-order chi connectivity index (χ0) is 11.0. The number of rotatable bonds is 2. The second-order valence-corrected chi connectivity index (χ2v) is 3.07. The number of nitrogens with zero attached hydrogens (tertiary/aromatic N) is 2. The minimum atomic E-state index is 0.371. The highest BCUT2D eigenvalue weighted by Crippen LogP contribution is 2.32. The van der Waals surface area contributed by atoms with Crippen molar-refractivity contribution in [3.8, 4) is 11.5 Å². The van der Waals surface area contributed by atoms with E-state index < -0.39 is 0 Å². The highest BCUT2D eigenvalue weighted by Gasteiger charge is 2.19. The minimum absolute atomic E-state index is 0.371. The molecule has 1 aromatic heterocycles. The summed E-state index contributed by atoms with van der Waals surface area (Å²) in [7, 11) is 8.92. The van der Waals surface area contributed by atoms with Gasteiger partial charge in [0.1, 0.15) is 18.9 Å². The summed E-state index contributed by atoms with van der Waals surface area (Å²) in [6.45, 7) is 1.84. The van der Waals surface area contributed by atoms with Gasteiger partial charge in [0, 0.05) is 5.56 Å². The molecule has 2 radical (unpaired) electrons. The van der Waals surface area contributed by atoms with Crippen LogP contribution in [-0.4, -0.2) is 32.4 Å². The Kier molecular flexibility index (Phi) is 2.26. The summed E-state index contributed by atoms with van der Waals surface area (Å²) in [5.74, 6) is 1.01. The van der Waals surface area contributed by atoms with Gasteiger partial charge in [-0.3, -0.25) is 0 Å². The highest BCUT2D eigenvalue weighted by atomic mass is 16.6. The Hall–Kier alpha value is -1.72. The highest BCUT2D eigenvalue weighted by molar-refractivity contribution is 6.40. The van der Waals surface area contributed by atoms with Gasteiger partial charge in [-0.05, 0) is 17.5 Å². The van der Waals surface area contributed by atoms with Crippen molar-refractivity contribution in [1.82, 2.24) is 10.3 Å². The molecule has 1 aromatic carbocycles. The molecule has 76 valence electrons. The average Bonchev–Trinajstić information content (AvgIpc) is 2.72. The van der Waals surface area contributed by atoms with E-state index in [1.165, 1.54) is 7.11 Å². The SMILES string of the molecule is [B]c1c(OC)c(OC)c(C)c2nonc12. The summed E-state index contributed by atoms with van der Waals surface area (Å²) < 4.78 is 15.0. The van der Waals surface area contributed by atoms with Crippen molar-refractivity contribution in [2.75, 3.05) is 14.2 Å². The van der Waals surface area contributed by atoms with Gasteiger partial charge in [0.25, 0.3) is 0 Å². The molecule has 2 rings (SSSR count). The predicted octanol–water partition coefficient (Wildman–Crippen LogP) is 0.342. The quantitative estimate of drug-likeness (QED) is 0.660. The van der Waals surface area contributed by atoms with E-state index in [1.54, 1.807) is 7.11 Å². The Morgan fingerprint density at radius 1 is 1.07 bits per heavy atom. The summed E-state index contributed by atoms with van der Waals surface area (Å²) in [5, 5.41) is 7.48. The van der Waals surface area contributed by atoms with Crippen molar-refractivity contribution in [1.29, 1.82) is 0 Å². The number of benzene rings is 1. The molecule has 1 heterocycles. The lowest BCUT2D eigenvalue weighted by molar-refractivity contribution is 0.315. The largest absolute Gasteiger partial charge is 0.493 e. The maximum atomic E-state index is 5.85. The fourth-order valence-corrected chi connectivity index (χ4v) is 1.57. The molecule has 15 heavy (non-hydrogen) atoms. The molecule has 0 aliphatic rings. The Balaban J connectivity index is 2.90. The third-order valence-corrected chi connectivity index (χ3v) is 2.30. The van der Waals surface area contributed by atoms with Gasteiger partial charge in [-0.15, -0.1) is 0 Å². The molecule has 5 nitrogen and oxygen atoms in total. The molecule has 0 bridgehead atoms. The lowest BCUT2D eigenvalue weighted by Gasteiger charge is -2.12. The molecule has 0 spiro atoms. The summed E-state index contributed by atoms with van der Waals surface area (Å²) in [6.07, 6.45) is 0. The van der Waals surface area contributed by atoms with Crippen LogP contribution in [0.4, 0.5) is 0 Å². The first kappa shape index (κ1) is 9.83. The van der Waals surface area contributed by atoms with Crippen LogP contribution in [-0.2, 0) is 0 Å². The van der Waals surface area contributed by atoms with Crippen LogP contribution in [0.15, 0.2) is 4.63 Å². The lowest BCUT2D eigenvalue weighted by atomic mass is 9.91. The van der Waals surface area contributed by atoms with E-state index in [9.17, 15) is 0 Å². The Morgan fingerprint density at radius 3 is 2.27 bits per heavy atom. The van der Waals surface area contributed by atoms with Gasteiger partial charge < -0.3 is 9.47 Å². The molecule has 0 atom stereocenters. The molecule has 0 saturated carbocycles. The number of aromatic nitrogens is 2. The first-order chi connectivity index (χ1) is 7.20. The molecular formula is C9H9BN2O3. The fraction of sp³-hybridized carbons (Fsp3) is 0.333. The van der Waals surface area contributed by atoms with Gasteiger partial charge in [-0.1, -0.05) is 5.16 Å². The minimum Gasteiger partial charge on any atom is -0.493 e. The van der Waals surface area contributed by atoms with Gasteiger partial charge in [-0.25, -0.2) is 4.63 Å². The number of hydrogen-bond donors (Lipinski definition) is 0. The lowest BCUT2D eigenvalue weighted by Crippen LogP contribution is -2.12. The third kappa shape index (κ3) is 1.25. The van der Waals surface area contributed by atoms with E-state index in [2.05, 4.69) is 14.9 Å². The van der Waals surface area contributed by atoms with Crippen molar-refractivity contribution in [3.05, 3.63) is 5.56 Å². The Labute approximate surface area is 87.7 Å². The third-order valence-electron chi connectivity index (χ3n) is 2.30. The van der Waals surface area contributed by atoms with E-state index in [-0.39, 0.29) is 0 Å². The Bertz CT molecular complexity index is 466. The van der Waals surface area contributed by atoms with Gasteiger partial charge in [0.15, 0.2) is 11.5 Å². The van der Waals surface area contributed by atoms with Gasteiger partial charge in [0.2, 0.25) is 0 Å². The first-order valence-corrected chi connectivity index (χ1v) is 4.33. The number of hydrogen-bond acceptors (Lipinski definition) is 5. The van der Waals surface area contributed by atoms with Crippen LogP contribution in [0.3, 0.4) is 0 Å². The van der Waals surface area contributed by atoms with E-state index >= 15 is 0 Å². The maximum absolute atomic E-state index is 5.85.